The van der Waals surface area contributed by atoms with Gasteiger partial charge in [-0.2, -0.15) is 0 Å². The highest BCUT2D eigenvalue weighted by molar-refractivity contribution is 5.60. The lowest BCUT2D eigenvalue weighted by Gasteiger charge is -2.01. The minimum absolute atomic E-state index is 0.283. The van der Waals surface area contributed by atoms with Gasteiger partial charge in [-0.05, 0) is 14.0 Å². The number of aliphatic hydroxyl groups is 1. The summed E-state index contributed by atoms with van der Waals surface area (Å²) in [6.07, 6.45) is 3.47. The second-order valence-corrected chi connectivity index (χ2v) is 2.08. The van der Waals surface area contributed by atoms with E-state index in [0.717, 1.165) is 6.29 Å². The second-order valence-electron chi connectivity index (χ2n) is 2.08. The van der Waals surface area contributed by atoms with Crippen LogP contribution in [-0.4, -0.2) is 30.6 Å². The Balaban J connectivity index is 3.72. The summed E-state index contributed by atoms with van der Waals surface area (Å²) < 4.78 is 0. The number of rotatable bonds is 4. The van der Waals surface area contributed by atoms with Gasteiger partial charge in [0.2, 0.25) is 0 Å². The molecule has 58 valence electrons. The zero-order valence-corrected chi connectivity index (χ0v) is 6.24. The largest absolute Gasteiger partial charge is 0.389 e. The van der Waals surface area contributed by atoms with E-state index in [9.17, 15) is 4.79 Å². The monoisotopic (exact) mass is 143 g/mol. The first-order valence-electron chi connectivity index (χ1n) is 3.19. The van der Waals surface area contributed by atoms with Gasteiger partial charge in [0.15, 0.2) is 0 Å². The Morgan fingerprint density at radius 3 is 2.40 bits per heavy atom. The van der Waals surface area contributed by atoms with Gasteiger partial charge < -0.3 is 15.2 Å². The van der Waals surface area contributed by atoms with Crippen LogP contribution in [0.1, 0.15) is 6.92 Å². The topological polar surface area (TPSA) is 49.3 Å². The summed E-state index contributed by atoms with van der Waals surface area (Å²) in [5, 5.41) is 11.5. The second kappa shape index (κ2) is 5.14. The molecule has 0 aromatic rings. The van der Waals surface area contributed by atoms with Gasteiger partial charge in [0.25, 0.3) is 0 Å². The van der Waals surface area contributed by atoms with Crippen LogP contribution in [-0.2, 0) is 4.79 Å². The third kappa shape index (κ3) is 4.23. The van der Waals surface area contributed by atoms with E-state index in [-0.39, 0.29) is 6.04 Å². The van der Waals surface area contributed by atoms with Crippen molar-refractivity contribution in [3.8, 4) is 0 Å². The molecule has 0 saturated carbocycles. The fraction of sp³-hybridized carbons (Fsp3) is 0.571. The SMILES string of the molecule is CN[C@@H](C=O)/C=C/C(C)O. The third-order valence-electron chi connectivity index (χ3n) is 1.08. The Morgan fingerprint density at radius 2 is 2.10 bits per heavy atom. The molecule has 2 N–H and O–H groups in total. The van der Waals surface area contributed by atoms with E-state index in [1.54, 1.807) is 26.1 Å². The molecule has 0 radical (unpaired) electrons. The molecule has 10 heavy (non-hydrogen) atoms. The molecule has 0 heterocycles. The molecule has 0 saturated heterocycles. The lowest BCUT2D eigenvalue weighted by molar-refractivity contribution is -0.108. The molecular formula is C7H13NO2. The molecule has 1 unspecified atom stereocenters. The Hall–Kier alpha value is -0.670. The van der Waals surface area contributed by atoms with Crippen molar-refractivity contribution in [2.24, 2.45) is 0 Å². The van der Waals surface area contributed by atoms with Gasteiger partial charge in [-0.15, -0.1) is 0 Å². The van der Waals surface area contributed by atoms with Crippen molar-refractivity contribution in [1.82, 2.24) is 5.32 Å². The Kier molecular flexibility index (Phi) is 4.80. The zero-order chi connectivity index (χ0) is 7.98. The number of carbonyl (C=O) groups is 1. The first-order chi connectivity index (χ1) is 4.70. The van der Waals surface area contributed by atoms with Crippen LogP contribution in [0.4, 0.5) is 0 Å². The number of carbonyl (C=O) groups excluding carboxylic acids is 1. The summed E-state index contributed by atoms with van der Waals surface area (Å²) in [4.78, 5) is 10.2. The van der Waals surface area contributed by atoms with Crippen LogP contribution < -0.4 is 5.32 Å². The van der Waals surface area contributed by atoms with Crippen LogP contribution in [0.2, 0.25) is 0 Å². The van der Waals surface area contributed by atoms with E-state index in [2.05, 4.69) is 5.32 Å². The molecule has 0 aliphatic rings. The molecular weight excluding hydrogens is 130 g/mol. The highest BCUT2D eigenvalue weighted by atomic mass is 16.3. The maximum absolute atomic E-state index is 10.2. The number of hydrogen-bond acceptors (Lipinski definition) is 3. The Labute approximate surface area is 60.7 Å². The van der Waals surface area contributed by atoms with E-state index < -0.39 is 6.10 Å². The van der Waals surface area contributed by atoms with Crippen LogP contribution in [0.15, 0.2) is 12.2 Å². The van der Waals surface area contributed by atoms with Gasteiger partial charge in [-0.3, -0.25) is 0 Å². The maximum atomic E-state index is 10.2. The first-order valence-corrected chi connectivity index (χ1v) is 3.19. The van der Waals surface area contributed by atoms with Crippen molar-refractivity contribution in [2.75, 3.05) is 7.05 Å². The molecule has 0 aromatic carbocycles. The standard InChI is InChI=1S/C7H13NO2/c1-6(10)3-4-7(5-9)8-2/h3-8,10H,1-2H3/b4-3+/t6?,7-/m1/s1. The van der Waals surface area contributed by atoms with Crippen molar-refractivity contribution < 1.29 is 9.90 Å². The summed E-state index contributed by atoms with van der Waals surface area (Å²) in [5.41, 5.74) is 0. The van der Waals surface area contributed by atoms with E-state index in [4.69, 9.17) is 5.11 Å². The number of likely N-dealkylation sites (N-methyl/N-ethyl adjacent to an activating group) is 1. The third-order valence-corrected chi connectivity index (χ3v) is 1.08. The molecule has 0 spiro atoms. The van der Waals surface area contributed by atoms with Gasteiger partial charge in [0.05, 0.1) is 12.1 Å². The van der Waals surface area contributed by atoms with Gasteiger partial charge in [-0.1, -0.05) is 12.2 Å². The molecule has 0 aliphatic heterocycles. The van der Waals surface area contributed by atoms with Crippen molar-refractivity contribution in [2.45, 2.75) is 19.1 Å². The molecule has 0 fully saturated rings. The van der Waals surface area contributed by atoms with Crippen LogP contribution in [0, 0.1) is 0 Å². The Bertz CT molecular complexity index is 121. The molecule has 3 nitrogen and oxygen atoms in total. The van der Waals surface area contributed by atoms with Crippen LogP contribution in [0.5, 0.6) is 0 Å². The highest BCUT2D eigenvalue weighted by Gasteiger charge is 1.96. The number of aliphatic hydroxyl groups excluding tert-OH is 1. The number of aldehydes is 1. The average Bonchev–Trinajstić information content (AvgIpc) is 1.90. The molecule has 0 aliphatic carbocycles. The zero-order valence-electron chi connectivity index (χ0n) is 6.24. The maximum Gasteiger partial charge on any atom is 0.140 e. The molecule has 0 bridgehead atoms. The molecule has 0 amide bonds. The van der Waals surface area contributed by atoms with Crippen LogP contribution in [0.25, 0.3) is 0 Å². The summed E-state index contributed by atoms with van der Waals surface area (Å²) in [7, 11) is 1.69. The van der Waals surface area contributed by atoms with Gasteiger partial charge >= 0.3 is 0 Å². The average molecular weight is 143 g/mol. The van der Waals surface area contributed by atoms with E-state index >= 15 is 0 Å². The van der Waals surface area contributed by atoms with Crippen molar-refractivity contribution >= 4 is 6.29 Å². The summed E-state index contributed by atoms with van der Waals surface area (Å²) >= 11 is 0. The smallest absolute Gasteiger partial charge is 0.140 e. The molecule has 0 rings (SSSR count). The van der Waals surface area contributed by atoms with Gasteiger partial charge in [-0.25, -0.2) is 0 Å². The predicted molar refractivity (Wildman–Crippen MR) is 39.7 cm³/mol. The fourth-order valence-corrected chi connectivity index (χ4v) is 0.490. The number of hydrogen-bond donors (Lipinski definition) is 2. The predicted octanol–water partition coefficient (Wildman–Crippen LogP) is -0.290. The first kappa shape index (κ1) is 9.33. The summed E-state index contributed by atoms with van der Waals surface area (Å²) in [6, 6.07) is -0.283. The minimum Gasteiger partial charge on any atom is -0.389 e. The fourth-order valence-electron chi connectivity index (χ4n) is 0.490. The van der Waals surface area contributed by atoms with E-state index in [0.29, 0.717) is 0 Å². The number of nitrogens with one attached hydrogen (secondary N) is 1. The molecule has 2 atom stereocenters. The van der Waals surface area contributed by atoms with Crippen molar-refractivity contribution in [3.63, 3.8) is 0 Å². The minimum atomic E-state index is -0.490. The molecule has 3 heteroatoms. The van der Waals surface area contributed by atoms with Gasteiger partial charge in [0, 0.05) is 0 Å². The van der Waals surface area contributed by atoms with Crippen LogP contribution >= 0.6 is 0 Å². The Morgan fingerprint density at radius 1 is 1.50 bits per heavy atom. The lowest BCUT2D eigenvalue weighted by atomic mass is 10.2. The summed E-state index contributed by atoms with van der Waals surface area (Å²) in [5.74, 6) is 0. The van der Waals surface area contributed by atoms with Gasteiger partial charge in [0.1, 0.15) is 6.29 Å². The van der Waals surface area contributed by atoms with Crippen LogP contribution in [0.3, 0.4) is 0 Å². The normalized spacial score (nSPS) is 17.1. The van der Waals surface area contributed by atoms with Crippen molar-refractivity contribution in [3.05, 3.63) is 12.2 Å². The lowest BCUT2D eigenvalue weighted by Crippen LogP contribution is -2.24. The summed E-state index contributed by atoms with van der Waals surface area (Å²) in [6.45, 7) is 1.63. The molecule has 0 aromatic heterocycles. The van der Waals surface area contributed by atoms with E-state index in [1.165, 1.54) is 0 Å². The van der Waals surface area contributed by atoms with Crippen molar-refractivity contribution in [1.29, 1.82) is 0 Å². The quantitative estimate of drug-likeness (QED) is 0.420. The van der Waals surface area contributed by atoms with E-state index in [1.807, 2.05) is 0 Å². The highest BCUT2D eigenvalue weighted by Crippen LogP contribution is 1.85.